The van der Waals surface area contributed by atoms with E-state index in [-0.39, 0.29) is 41.2 Å². The lowest BCUT2D eigenvalue weighted by Crippen LogP contribution is -2.48. The molecule has 0 saturated carbocycles. The Balaban J connectivity index is 2.20. The summed E-state index contributed by atoms with van der Waals surface area (Å²) in [4.78, 5) is 25.5. The summed E-state index contributed by atoms with van der Waals surface area (Å²) in [7, 11) is 0. The van der Waals surface area contributed by atoms with Gasteiger partial charge in [0, 0.05) is 31.0 Å². The number of benzene rings is 1. The second kappa shape index (κ2) is 3.73. The molecule has 1 amide bonds. The molecule has 0 spiro atoms. The Morgan fingerprint density at radius 1 is 1.22 bits per heavy atom. The summed E-state index contributed by atoms with van der Waals surface area (Å²) in [6, 6.07) is 2.38. The number of phenols is 2. The fourth-order valence-electron chi connectivity index (χ4n) is 2.86. The molecule has 0 aliphatic carbocycles. The van der Waals surface area contributed by atoms with Crippen LogP contribution < -0.4 is 4.90 Å². The number of phenolic OH excluding ortho intramolecular Hbond substituents is 2. The fraction of sp³-hybridized carbons (Fsp3) is 0.385. The molecule has 1 atom stereocenters. The van der Waals surface area contributed by atoms with Crippen molar-refractivity contribution < 1.29 is 19.8 Å². The molecule has 1 aromatic carbocycles. The number of carbonyl (C=O) groups is 2. The molecule has 1 unspecified atom stereocenters. The number of hydrogen-bond acceptors (Lipinski definition) is 4. The molecule has 1 aromatic rings. The number of amides is 1. The third-order valence-corrected chi connectivity index (χ3v) is 3.60. The number of carbonyl (C=O) groups excluding carboxylic acids is 2. The number of piperidine rings is 1. The van der Waals surface area contributed by atoms with Crippen molar-refractivity contribution in [1.29, 1.82) is 0 Å². The van der Waals surface area contributed by atoms with E-state index in [4.69, 9.17) is 0 Å². The van der Waals surface area contributed by atoms with Gasteiger partial charge in [-0.3, -0.25) is 9.59 Å². The number of fused-ring (bicyclic) bond motifs is 3. The predicted molar refractivity (Wildman–Crippen MR) is 63.8 cm³/mol. The number of aromatic hydroxyl groups is 2. The van der Waals surface area contributed by atoms with Gasteiger partial charge >= 0.3 is 0 Å². The molecule has 18 heavy (non-hydrogen) atoms. The van der Waals surface area contributed by atoms with Crippen molar-refractivity contribution in [3.05, 3.63) is 17.7 Å². The molecule has 1 saturated heterocycles. The molecule has 1 fully saturated rings. The predicted octanol–water partition coefficient (Wildman–Crippen LogP) is 1.57. The lowest BCUT2D eigenvalue weighted by Gasteiger charge is -2.39. The molecule has 2 aliphatic heterocycles. The zero-order chi connectivity index (χ0) is 12.9. The van der Waals surface area contributed by atoms with Gasteiger partial charge < -0.3 is 15.1 Å². The molecule has 5 heteroatoms. The molecular weight excluding hydrogens is 234 g/mol. The Labute approximate surface area is 104 Å². The first-order valence-electron chi connectivity index (χ1n) is 5.99. The van der Waals surface area contributed by atoms with Gasteiger partial charge in [-0.25, -0.2) is 0 Å². The van der Waals surface area contributed by atoms with Gasteiger partial charge in [0.25, 0.3) is 0 Å². The number of ketones is 1. The van der Waals surface area contributed by atoms with Gasteiger partial charge in [0.1, 0.15) is 11.5 Å². The van der Waals surface area contributed by atoms with Crippen LogP contribution in [0.1, 0.15) is 36.0 Å². The first-order valence-corrected chi connectivity index (χ1v) is 5.99. The minimum absolute atomic E-state index is 0.0509. The van der Waals surface area contributed by atoms with Crippen LogP contribution in [0.25, 0.3) is 0 Å². The minimum Gasteiger partial charge on any atom is -0.508 e. The summed E-state index contributed by atoms with van der Waals surface area (Å²) in [5.41, 5.74) is 0.498. The highest BCUT2D eigenvalue weighted by Crippen LogP contribution is 2.41. The Morgan fingerprint density at radius 3 is 2.78 bits per heavy atom. The molecule has 0 aromatic heterocycles. The summed E-state index contributed by atoms with van der Waals surface area (Å²) in [5.74, 6) is -0.617. The highest BCUT2D eigenvalue weighted by molar-refractivity contribution is 6.11. The van der Waals surface area contributed by atoms with E-state index in [0.717, 1.165) is 18.9 Å². The second-order valence-corrected chi connectivity index (χ2v) is 4.80. The Bertz CT molecular complexity index is 552. The highest BCUT2D eigenvalue weighted by Gasteiger charge is 2.38. The van der Waals surface area contributed by atoms with Crippen molar-refractivity contribution in [2.45, 2.75) is 31.7 Å². The lowest BCUT2D eigenvalue weighted by molar-refractivity contribution is -0.120. The van der Waals surface area contributed by atoms with Gasteiger partial charge in [0.15, 0.2) is 5.78 Å². The molecule has 2 N–H and O–H groups in total. The van der Waals surface area contributed by atoms with Crippen molar-refractivity contribution in [3.8, 4) is 11.5 Å². The van der Waals surface area contributed by atoms with E-state index >= 15 is 0 Å². The monoisotopic (exact) mass is 247 g/mol. The van der Waals surface area contributed by atoms with E-state index in [9.17, 15) is 19.8 Å². The second-order valence-electron chi connectivity index (χ2n) is 4.80. The van der Waals surface area contributed by atoms with E-state index in [1.807, 2.05) is 0 Å². The smallest absolute Gasteiger partial charge is 0.227 e. The Hall–Kier alpha value is -2.04. The molecule has 0 radical (unpaired) electrons. The van der Waals surface area contributed by atoms with Crippen LogP contribution in [0.2, 0.25) is 0 Å². The first kappa shape index (κ1) is 11.1. The van der Waals surface area contributed by atoms with Crippen molar-refractivity contribution in [1.82, 2.24) is 0 Å². The minimum atomic E-state index is -0.258. The van der Waals surface area contributed by atoms with Crippen molar-refractivity contribution in [3.63, 3.8) is 0 Å². The van der Waals surface area contributed by atoms with Crippen LogP contribution in [0.3, 0.4) is 0 Å². The van der Waals surface area contributed by atoms with E-state index in [1.165, 1.54) is 6.07 Å². The number of Topliss-reactive ketones (excluding diaryl/α,β-unsaturated/α-hetero) is 1. The standard InChI is InChI=1S/C13H13NO4/c15-8-5-9-13(11(17)6-8)10(16)4-7-2-1-3-12(18)14(7)9/h5-7,15,17H,1-4H2. The van der Waals surface area contributed by atoms with Crippen LogP contribution in [0.15, 0.2) is 12.1 Å². The molecular formula is C13H13NO4. The molecule has 3 rings (SSSR count). The maximum atomic E-state index is 12.0. The average molecular weight is 247 g/mol. The largest absolute Gasteiger partial charge is 0.508 e. The molecule has 2 heterocycles. The van der Waals surface area contributed by atoms with Crippen LogP contribution in [0.4, 0.5) is 5.69 Å². The topological polar surface area (TPSA) is 77.8 Å². The van der Waals surface area contributed by atoms with Crippen molar-refractivity contribution in [2.24, 2.45) is 0 Å². The summed E-state index contributed by atoms with van der Waals surface area (Å²) < 4.78 is 0. The average Bonchev–Trinajstić information content (AvgIpc) is 2.27. The maximum Gasteiger partial charge on any atom is 0.227 e. The van der Waals surface area contributed by atoms with Gasteiger partial charge in [-0.1, -0.05) is 0 Å². The van der Waals surface area contributed by atoms with Gasteiger partial charge in [0.05, 0.1) is 11.3 Å². The number of rotatable bonds is 0. The first-order chi connectivity index (χ1) is 8.58. The summed E-state index contributed by atoms with van der Waals surface area (Å²) in [6.07, 6.45) is 2.26. The van der Waals surface area contributed by atoms with E-state index in [2.05, 4.69) is 0 Å². The van der Waals surface area contributed by atoms with Gasteiger partial charge in [-0.05, 0) is 12.8 Å². The zero-order valence-corrected chi connectivity index (χ0v) is 9.72. The molecule has 0 bridgehead atoms. The van der Waals surface area contributed by atoms with Gasteiger partial charge in [-0.15, -0.1) is 0 Å². The quantitative estimate of drug-likeness (QED) is 0.729. The van der Waals surface area contributed by atoms with E-state index < -0.39 is 0 Å². The van der Waals surface area contributed by atoms with Crippen molar-refractivity contribution >= 4 is 17.4 Å². The summed E-state index contributed by atoms with van der Waals surface area (Å²) in [6.45, 7) is 0. The van der Waals surface area contributed by atoms with Crippen LogP contribution >= 0.6 is 0 Å². The molecule has 94 valence electrons. The Kier molecular flexibility index (Phi) is 2.29. The molecule has 5 nitrogen and oxygen atoms in total. The number of anilines is 1. The zero-order valence-electron chi connectivity index (χ0n) is 9.72. The number of hydrogen-bond donors (Lipinski definition) is 2. The van der Waals surface area contributed by atoms with Gasteiger partial charge in [-0.2, -0.15) is 0 Å². The third-order valence-electron chi connectivity index (χ3n) is 3.60. The lowest BCUT2D eigenvalue weighted by atomic mass is 9.88. The molecule has 2 aliphatic rings. The maximum absolute atomic E-state index is 12.0. The van der Waals surface area contributed by atoms with Crippen LogP contribution in [-0.4, -0.2) is 27.9 Å². The van der Waals surface area contributed by atoms with Crippen molar-refractivity contribution in [2.75, 3.05) is 4.90 Å². The van der Waals surface area contributed by atoms with E-state index in [1.54, 1.807) is 4.90 Å². The third kappa shape index (κ3) is 1.47. The van der Waals surface area contributed by atoms with Crippen LogP contribution in [0.5, 0.6) is 11.5 Å². The SMILES string of the molecule is O=C1CC2CCCC(=O)N2c2cc(O)cc(O)c21. The fourth-order valence-corrected chi connectivity index (χ4v) is 2.86. The summed E-state index contributed by atoms with van der Waals surface area (Å²) in [5, 5.41) is 19.3. The van der Waals surface area contributed by atoms with E-state index in [0.29, 0.717) is 12.1 Å². The van der Waals surface area contributed by atoms with Crippen LogP contribution in [0, 0.1) is 0 Å². The Morgan fingerprint density at radius 2 is 2.00 bits per heavy atom. The van der Waals surface area contributed by atoms with Gasteiger partial charge in [0.2, 0.25) is 5.91 Å². The number of nitrogens with zero attached hydrogens (tertiary/aromatic N) is 1. The van der Waals surface area contributed by atoms with Crippen LogP contribution in [-0.2, 0) is 4.79 Å². The normalized spacial score (nSPS) is 22.7. The highest BCUT2D eigenvalue weighted by atomic mass is 16.3. The summed E-state index contributed by atoms with van der Waals surface area (Å²) >= 11 is 0.